The van der Waals surface area contributed by atoms with E-state index in [4.69, 9.17) is 5.73 Å². The molecule has 1 aromatic rings. The maximum Gasteiger partial charge on any atom is 0.315 e. The Morgan fingerprint density at radius 3 is 2.48 bits per heavy atom. The lowest BCUT2D eigenvalue weighted by Crippen LogP contribution is -2.60. The Hall–Kier alpha value is -2.08. The Morgan fingerprint density at radius 2 is 1.87 bits per heavy atom. The highest BCUT2D eigenvalue weighted by atomic mass is 16.2. The second-order valence-corrected chi connectivity index (χ2v) is 6.19. The molecule has 126 valence electrons. The van der Waals surface area contributed by atoms with Crippen molar-refractivity contribution in [2.75, 3.05) is 6.54 Å². The van der Waals surface area contributed by atoms with E-state index in [0.717, 1.165) is 18.4 Å². The highest BCUT2D eigenvalue weighted by molar-refractivity contribution is 5.91. The lowest BCUT2D eigenvalue weighted by Gasteiger charge is -2.30. The van der Waals surface area contributed by atoms with Gasteiger partial charge in [-0.3, -0.25) is 4.79 Å². The van der Waals surface area contributed by atoms with Crippen LogP contribution in [-0.4, -0.2) is 30.1 Å². The number of nitrogens with one attached hydrogen (secondary N) is 3. The van der Waals surface area contributed by atoms with Gasteiger partial charge in [0.2, 0.25) is 5.91 Å². The van der Waals surface area contributed by atoms with E-state index >= 15 is 0 Å². The molecule has 1 fully saturated rings. The van der Waals surface area contributed by atoms with Gasteiger partial charge in [0.05, 0.1) is 0 Å². The monoisotopic (exact) mass is 318 g/mol. The molecule has 0 aliphatic heterocycles. The first kappa shape index (κ1) is 17.3. The number of nitrogens with two attached hydrogens (primary N) is 1. The first-order valence-corrected chi connectivity index (χ1v) is 8.17. The average Bonchev–Trinajstić information content (AvgIpc) is 3.03. The van der Waals surface area contributed by atoms with Gasteiger partial charge < -0.3 is 21.7 Å². The van der Waals surface area contributed by atoms with Gasteiger partial charge in [0.25, 0.3) is 0 Å². The number of benzene rings is 1. The minimum atomic E-state index is -0.815. The van der Waals surface area contributed by atoms with Gasteiger partial charge >= 0.3 is 6.03 Å². The predicted octanol–water partition coefficient (Wildman–Crippen LogP) is 1.26. The van der Waals surface area contributed by atoms with Crippen molar-refractivity contribution in [1.82, 2.24) is 16.0 Å². The van der Waals surface area contributed by atoms with Gasteiger partial charge in [-0.15, -0.1) is 0 Å². The van der Waals surface area contributed by atoms with Crippen molar-refractivity contribution in [2.24, 2.45) is 5.73 Å². The molecule has 2 rings (SSSR count). The van der Waals surface area contributed by atoms with Crippen LogP contribution in [0.3, 0.4) is 0 Å². The Kier molecular flexibility index (Phi) is 5.98. The number of carbonyl (C=O) groups is 2. The van der Waals surface area contributed by atoms with Gasteiger partial charge in [-0.1, -0.05) is 43.2 Å². The summed E-state index contributed by atoms with van der Waals surface area (Å²) in [5.41, 5.74) is 5.76. The summed E-state index contributed by atoms with van der Waals surface area (Å²) >= 11 is 0. The summed E-state index contributed by atoms with van der Waals surface area (Å²) in [4.78, 5) is 24.7. The second-order valence-electron chi connectivity index (χ2n) is 6.19. The molecule has 6 heteroatoms. The third-order valence-electron chi connectivity index (χ3n) is 4.27. The zero-order valence-electron chi connectivity index (χ0n) is 13.6. The van der Waals surface area contributed by atoms with Gasteiger partial charge in [0, 0.05) is 19.1 Å². The number of hydrogen-bond donors (Lipinski definition) is 4. The van der Waals surface area contributed by atoms with Gasteiger partial charge in [-0.25, -0.2) is 4.79 Å². The minimum Gasteiger partial charge on any atom is -0.350 e. The summed E-state index contributed by atoms with van der Waals surface area (Å²) in [6, 6.07) is 9.26. The molecule has 1 aliphatic carbocycles. The van der Waals surface area contributed by atoms with Crippen LogP contribution in [-0.2, 0) is 11.3 Å². The summed E-state index contributed by atoms with van der Waals surface area (Å²) in [6.07, 6.45) is 3.19. The van der Waals surface area contributed by atoms with Crippen molar-refractivity contribution >= 4 is 11.9 Å². The molecule has 0 aromatic heterocycles. The second kappa shape index (κ2) is 7.97. The first-order chi connectivity index (χ1) is 11.1. The van der Waals surface area contributed by atoms with Crippen molar-refractivity contribution in [2.45, 2.75) is 50.7 Å². The molecule has 0 bridgehead atoms. The molecule has 3 amide bonds. The lowest BCUT2D eigenvalue weighted by molar-refractivity contribution is -0.127. The fourth-order valence-electron chi connectivity index (χ4n) is 2.85. The Morgan fingerprint density at radius 1 is 1.22 bits per heavy atom. The van der Waals surface area contributed by atoms with E-state index in [-0.39, 0.29) is 18.0 Å². The van der Waals surface area contributed by atoms with Crippen molar-refractivity contribution < 1.29 is 9.59 Å². The molecule has 1 saturated carbocycles. The van der Waals surface area contributed by atoms with Crippen LogP contribution in [0.4, 0.5) is 4.79 Å². The molecule has 1 aromatic carbocycles. The van der Waals surface area contributed by atoms with Crippen molar-refractivity contribution in [3.8, 4) is 0 Å². The molecular weight excluding hydrogens is 292 g/mol. The van der Waals surface area contributed by atoms with Crippen LogP contribution >= 0.6 is 0 Å². The van der Waals surface area contributed by atoms with E-state index in [1.807, 2.05) is 37.3 Å². The highest BCUT2D eigenvalue weighted by Crippen LogP contribution is 2.30. The Labute approximate surface area is 137 Å². The number of rotatable bonds is 6. The fraction of sp³-hybridized carbons (Fsp3) is 0.529. The molecule has 0 radical (unpaired) electrons. The third kappa shape index (κ3) is 4.69. The van der Waals surface area contributed by atoms with Crippen LogP contribution in [0.2, 0.25) is 0 Å². The van der Waals surface area contributed by atoms with E-state index in [2.05, 4.69) is 16.0 Å². The molecule has 0 saturated heterocycles. The first-order valence-electron chi connectivity index (χ1n) is 8.17. The largest absolute Gasteiger partial charge is 0.350 e. The Bertz CT molecular complexity index is 527. The standard InChI is InChI=1S/C17H26N4O2/c1-13(11-18)20-15(22)17(9-5-6-10-17)21-16(23)19-12-14-7-3-2-4-8-14/h2-4,7-8,13H,5-6,9-12,18H2,1H3,(H,20,22)(H2,19,21,23)/t13-/m0/s1. The number of amides is 3. The molecule has 6 nitrogen and oxygen atoms in total. The van der Waals surface area contributed by atoms with Crippen molar-refractivity contribution in [3.05, 3.63) is 35.9 Å². The average molecular weight is 318 g/mol. The van der Waals surface area contributed by atoms with E-state index in [1.54, 1.807) is 0 Å². The predicted molar refractivity (Wildman–Crippen MR) is 89.7 cm³/mol. The molecule has 0 unspecified atom stereocenters. The molecule has 1 aliphatic rings. The van der Waals surface area contributed by atoms with Crippen molar-refractivity contribution in [1.29, 1.82) is 0 Å². The summed E-state index contributed by atoms with van der Waals surface area (Å²) in [5.74, 6) is -0.136. The smallest absolute Gasteiger partial charge is 0.315 e. The molecular formula is C17H26N4O2. The number of carbonyl (C=O) groups excluding carboxylic acids is 2. The van der Waals surface area contributed by atoms with Crippen LogP contribution < -0.4 is 21.7 Å². The zero-order chi connectivity index (χ0) is 16.7. The normalized spacial score (nSPS) is 17.3. The summed E-state index contributed by atoms with van der Waals surface area (Å²) in [5, 5.41) is 8.59. The molecule has 0 spiro atoms. The van der Waals surface area contributed by atoms with Crippen LogP contribution in [0.1, 0.15) is 38.2 Å². The summed E-state index contributed by atoms with van der Waals surface area (Å²) in [7, 11) is 0. The third-order valence-corrected chi connectivity index (χ3v) is 4.27. The van der Waals surface area contributed by atoms with Gasteiger partial charge in [-0.2, -0.15) is 0 Å². The van der Waals surface area contributed by atoms with Crippen LogP contribution in [0, 0.1) is 0 Å². The molecule has 23 heavy (non-hydrogen) atoms. The van der Waals surface area contributed by atoms with Gasteiger partial charge in [0.1, 0.15) is 5.54 Å². The van der Waals surface area contributed by atoms with E-state index in [1.165, 1.54) is 0 Å². The molecule has 5 N–H and O–H groups in total. The quantitative estimate of drug-likeness (QED) is 0.636. The zero-order valence-corrected chi connectivity index (χ0v) is 13.6. The van der Waals surface area contributed by atoms with E-state index < -0.39 is 5.54 Å². The maximum atomic E-state index is 12.5. The minimum absolute atomic E-state index is 0.103. The molecule has 1 atom stereocenters. The van der Waals surface area contributed by atoms with Crippen LogP contribution in [0.5, 0.6) is 0 Å². The van der Waals surface area contributed by atoms with E-state index in [9.17, 15) is 9.59 Å². The summed E-state index contributed by atoms with van der Waals surface area (Å²) in [6.45, 7) is 2.67. The fourth-order valence-corrected chi connectivity index (χ4v) is 2.85. The van der Waals surface area contributed by atoms with E-state index in [0.29, 0.717) is 25.9 Å². The Balaban J connectivity index is 1.93. The van der Waals surface area contributed by atoms with Crippen molar-refractivity contribution in [3.63, 3.8) is 0 Å². The van der Waals surface area contributed by atoms with Crippen LogP contribution in [0.15, 0.2) is 30.3 Å². The SMILES string of the molecule is C[C@@H](CN)NC(=O)C1(NC(=O)NCc2ccccc2)CCCC1. The summed E-state index contributed by atoms with van der Waals surface area (Å²) < 4.78 is 0. The van der Waals surface area contributed by atoms with Gasteiger partial charge in [0.15, 0.2) is 0 Å². The highest BCUT2D eigenvalue weighted by Gasteiger charge is 2.42. The van der Waals surface area contributed by atoms with Crippen LogP contribution in [0.25, 0.3) is 0 Å². The number of hydrogen-bond acceptors (Lipinski definition) is 3. The lowest BCUT2D eigenvalue weighted by atomic mass is 9.96. The maximum absolute atomic E-state index is 12.5. The number of urea groups is 1. The van der Waals surface area contributed by atoms with Gasteiger partial charge in [-0.05, 0) is 25.3 Å². The molecule has 0 heterocycles. The topological polar surface area (TPSA) is 96.2 Å².